The van der Waals surface area contributed by atoms with Crippen molar-refractivity contribution in [2.75, 3.05) is 7.05 Å². The summed E-state index contributed by atoms with van der Waals surface area (Å²) in [5, 5.41) is 13.7. The molecule has 0 spiro atoms. The Balaban J connectivity index is 3.28. The second kappa shape index (κ2) is 4.87. The van der Waals surface area contributed by atoms with Gasteiger partial charge < -0.3 is 5.11 Å². The molecular weight excluding hydrogens is 218 g/mol. The summed E-state index contributed by atoms with van der Waals surface area (Å²) >= 11 is 0. The summed E-state index contributed by atoms with van der Waals surface area (Å²) in [4.78, 5) is 13.3. The van der Waals surface area contributed by atoms with Crippen LogP contribution in [0.25, 0.3) is 0 Å². The molecule has 0 radical (unpaired) electrons. The van der Waals surface area contributed by atoms with E-state index in [0.717, 1.165) is 17.0 Å². The van der Waals surface area contributed by atoms with E-state index < -0.39 is 12.0 Å². The molecule has 96 valence electrons. The number of aromatic nitrogens is 2. The van der Waals surface area contributed by atoms with Crippen LogP contribution < -0.4 is 0 Å². The summed E-state index contributed by atoms with van der Waals surface area (Å²) in [6.45, 7) is 7.72. The van der Waals surface area contributed by atoms with Crippen molar-refractivity contribution in [2.24, 2.45) is 7.05 Å². The van der Waals surface area contributed by atoms with E-state index in [9.17, 15) is 9.90 Å². The van der Waals surface area contributed by atoms with Gasteiger partial charge in [-0.15, -0.1) is 0 Å². The Hall–Kier alpha value is -1.36. The predicted molar refractivity (Wildman–Crippen MR) is 66.0 cm³/mol. The highest BCUT2D eigenvalue weighted by Gasteiger charge is 2.31. The van der Waals surface area contributed by atoms with Crippen LogP contribution in [0, 0.1) is 13.8 Å². The molecule has 5 nitrogen and oxygen atoms in total. The maximum Gasteiger partial charge on any atom is 0.325 e. The van der Waals surface area contributed by atoms with Gasteiger partial charge in [-0.25, -0.2) is 0 Å². The number of rotatable bonds is 4. The average Bonchev–Trinajstić information content (AvgIpc) is 2.44. The van der Waals surface area contributed by atoms with Gasteiger partial charge in [-0.05, 0) is 34.7 Å². The number of aryl methyl sites for hydroxylation is 2. The number of hydrogen-bond acceptors (Lipinski definition) is 3. The Morgan fingerprint density at radius 3 is 2.24 bits per heavy atom. The van der Waals surface area contributed by atoms with Gasteiger partial charge >= 0.3 is 5.97 Å². The summed E-state index contributed by atoms with van der Waals surface area (Å²) in [6.07, 6.45) is 0. The van der Waals surface area contributed by atoms with Crippen molar-refractivity contribution in [1.29, 1.82) is 0 Å². The first-order valence-corrected chi connectivity index (χ1v) is 5.72. The van der Waals surface area contributed by atoms with Crippen LogP contribution in [-0.4, -0.2) is 38.8 Å². The standard InChI is InChI=1S/C12H21N3O2/c1-7(2)14(5)11(12(16)17)10-8(3)13-15(6)9(10)4/h7,11H,1-6H3,(H,16,17). The van der Waals surface area contributed by atoms with Crippen molar-refractivity contribution in [2.45, 2.75) is 39.8 Å². The molecule has 0 bridgehead atoms. The molecule has 0 aliphatic rings. The number of carbonyl (C=O) groups is 1. The zero-order valence-corrected chi connectivity index (χ0v) is 11.4. The first kappa shape index (κ1) is 13.7. The molecule has 1 unspecified atom stereocenters. The lowest BCUT2D eigenvalue weighted by Gasteiger charge is -2.28. The fourth-order valence-corrected chi connectivity index (χ4v) is 1.99. The van der Waals surface area contributed by atoms with Crippen LogP contribution in [0.5, 0.6) is 0 Å². The number of carboxylic acids is 1. The van der Waals surface area contributed by atoms with Gasteiger partial charge in [0.1, 0.15) is 6.04 Å². The van der Waals surface area contributed by atoms with Gasteiger partial charge in [-0.2, -0.15) is 5.10 Å². The van der Waals surface area contributed by atoms with Crippen molar-refractivity contribution in [3.8, 4) is 0 Å². The smallest absolute Gasteiger partial charge is 0.325 e. The van der Waals surface area contributed by atoms with Gasteiger partial charge in [0.05, 0.1) is 5.69 Å². The Bertz CT molecular complexity index is 424. The molecular formula is C12H21N3O2. The van der Waals surface area contributed by atoms with Gasteiger partial charge in [-0.1, -0.05) is 0 Å². The van der Waals surface area contributed by atoms with Gasteiger partial charge in [-0.3, -0.25) is 14.4 Å². The number of nitrogens with zero attached hydrogens (tertiary/aromatic N) is 3. The number of carboxylic acid groups (broad SMARTS) is 1. The van der Waals surface area contributed by atoms with E-state index >= 15 is 0 Å². The molecule has 5 heteroatoms. The van der Waals surface area contributed by atoms with E-state index in [-0.39, 0.29) is 6.04 Å². The van der Waals surface area contributed by atoms with Crippen molar-refractivity contribution < 1.29 is 9.90 Å². The van der Waals surface area contributed by atoms with E-state index in [0.29, 0.717) is 0 Å². The van der Waals surface area contributed by atoms with Crippen LogP contribution in [0.15, 0.2) is 0 Å². The van der Waals surface area contributed by atoms with Crippen molar-refractivity contribution in [3.05, 3.63) is 17.0 Å². The Morgan fingerprint density at radius 2 is 1.94 bits per heavy atom. The molecule has 0 aliphatic carbocycles. The summed E-state index contributed by atoms with van der Waals surface area (Å²) in [5.74, 6) is -0.833. The molecule has 1 rings (SSSR count). The maximum absolute atomic E-state index is 11.5. The lowest BCUT2D eigenvalue weighted by atomic mass is 10.0. The molecule has 1 aromatic heterocycles. The van der Waals surface area contributed by atoms with E-state index in [1.165, 1.54) is 0 Å². The highest BCUT2D eigenvalue weighted by atomic mass is 16.4. The van der Waals surface area contributed by atoms with Crippen LogP contribution >= 0.6 is 0 Å². The zero-order chi connectivity index (χ0) is 13.3. The van der Waals surface area contributed by atoms with Crippen LogP contribution in [0.1, 0.15) is 36.8 Å². The second-order valence-corrected chi connectivity index (χ2v) is 4.71. The van der Waals surface area contributed by atoms with Crippen molar-refractivity contribution in [3.63, 3.8) is 0 Å². The maximum atomic E-state index is 11.5. The lowest BCUT2D eigenvalue weighted by molar-refractivity contribution is -0.143. The monoisotopic (exact) mass is 239 g/mol. The van der Waals surface area contributed by atoms with E-state index in [2.05, 4.69) is 5.10 Å². The summed E-state index contributed by atoms with van der Waals surface area (Å²) in [7, 11) is 3.66. The fourth-order valence-electron chi connectivity index (χ4n) is 1.99. The topological polar surface area (TPSA) is 58.4 Å². The highest BCUT2D eigenvalue weighted by Crippen LogP contribution is 2.27. The summed E-state index contributed by atoms with van der Waals surface area (Å²) in [6, 6.07) is -0.473. The van der Waals surface area contributed by atoms with Gasteiger partial charge in [0.25, 0.3) is 0 Å². The number of likely N-dealkylation sites (N-methyl/N-ethyl adjacent to an activating group) is 1. The van der Waals surface area contributed by atoms with E-state index in [4.69, 9.17) is 0 Å². The third kappa shape index (κ3) is 2.49. The minimum absolute atomic E-state index is 0.162. The fraction of sp³-hybridized carbons (Fsp3) is 0.667. The minimum Gasteiger partial charge on any atom is -0.480 e. The van der Waals surface area contributed by atoms with Gasteiger partial charge in [0, 0.05) is 24.3 Å². The first-order chi connectivity index (χ1) is 7.77. The van der Waals surface area contributed by atoms with Crippen LogP contribution in [0.4, 0.5) is 0 Å². The third-order valence-corrected chi connectivity index (χ3v) is 3.29. The molecule has 1 heterocycles. The summed E-state index contributed by atoms with van der Waals surface area (Å²) < 4.78 is 1.73. The molecule has 0 amide bonds. The molecule has 1 aromatic rings. The molecule has 0 aliphatic heterocycles. The zero-order valence-electron chi connectivity index (χ0n) is 11.4. The molecule has 0 saturated carbocycles. The minimum atomic E-state index is -0.833. The second-order valence-electron chi connectivity index (χ2n) is 4.71. The Kier molecular flexibility index (Phi) is 3.93. The van der Waals surface area contributed by atoms with Crippen molar-refractivity contribution >= 4 is 5.97 Å². The van der Waals surface area contributed by atoms with E-state index in [1.807, 2.05) is 46.7 Å². The van der Waals surface area contributed by atoms with Crippen molar-refractivity contribution in [1.82, 2.24) is 14.7 Å². The third-order valence-electron chi connectivity index (χ3n) is 3.29. The molecule has 0 fully saturated rings. The molecule has 17 heavy (non-hydrogen) atoms. The molecule has 0 aromatic carbocycles. The van der Waals surface area contributed by atoms with E-state index in [1.54, 1.807) is 4.68 Å². The Labute approximate surface area is 102 Å². The van der Waals surface area contributed by atoms with Gasteiger partial charge in [0.15, 0.2) is 0 Å². The van der Waals surface area contributed by atoms with Crippen LogP contribution in [-0.2, 0) is 11.8 Å². The normalized spacial score (nSPS) is 13.4. The quantitative estimate of drug-likeness (QED) is 0.865. The molecule has 1 atom stereocenters. The highest BCUT2D eigenvalue weighted by molar-refractivity contribution is 5.76. The number of hydrogen-bond donors (Lipinski definition) is 1. The lowest BCUT2D eigenvalue weighted by Crippen LogP contribution is -2.36. The molecule has 1 N–H and O–H groups in total. The predicted octanol–water partition coefficient (Wildman–Crippen LogP) is 1.50. The van der Waals surface area contributed by atoms with Crippen LogP contribution in [0.2, 0.25) is 0 Å². The number of aliphatic carboxylic acids is 1. The Morgan fingerprint density at radius 1 is 1.41 bits per heavy atom. The molecule has 0 saturated heterocycles. The summed E-state index contributed by atoms with van der Waals surface area (Å²) in [5.41, 5.74) is 2.49. The van der Waals surface area contributed by atoms with Crippen LogP contribution in [0.3, 0.4) is 0 Å². The van der Waals surface area contributed by atoms with Gasteiger partial charge in [0.2, 0.25) is 0 Å². The SMILES string of the molecule is Cc1nn(C)c(C)c1C(C(=O)O)N(C)C(C)C. The first-order valence-electron chi connectivity index (χ1n) is 5.72. The largest absolute Gasteiger partial charge is 0.480 e. The average molecular weight is 239 g/mol.